The largest absolute Gasteiger partial charge is 0.235 e. The molecule has 0 radical (unpaired) electrons. The molecule has 0 unspecified atom stereocenters. The van der Waals surface area contributed by atoms with Gasteiger partial charge in [0, 0.05) is 26.1 Å². The molecule has 0 saturated carbocycles. The predicted molar refractivity (Wildman–Crippen MR) is 106 cm³/mol. The summed E-state index contributed by atoms with van der Waals surface area (Å²) in [6.45, 7) is 0. The van der Waals surface area contributed by atoms with E-state index in [-0.39, 0.29) is 0 Å². The van der Waals surface area contributed by atoms with E-state index >= 15 is 0 Å². The Kier molecular flexibility index (Phi) is 4.17. The summed E-state index contributed by atoms with van der Waals surface area (Å²) in [5.74, 6) is 0. The van der Waals surface area contributed by atoms with Gasteiger partial charge in [-0.3, -0.25) is 0 Å². The number of rotatable bonds is 2. The van der Waals surface area contributed by atoms with E-state index in [9.17, 15) is 0 Å². The third-order valence-electron chi connectivity index (χ3n) is 3.84. The molecule has 2 nitrogen and oxygen atoms in total. The van der Waals surface area contributed by atoms with E-state index in [0.29, 0.717) is 0 Å². The Balaban J connectivity index is 2.03. The van der Waals surface area contributed by atoms with Crippen LogP contribution in [-0.2, 0) is 0 Å². The maximum atomic E-state index is 4.76. The molecule has 2 heterocycles. The second kappa shape index (κ2) is 6.46. The molecule has 0 atom stereocenters. The van der Waals surface area contributed by atoms with Gasteiger partial charge in [0.2, 0.25) is 0 Å². The molecule has 2 aromatic heterocycles. The van der Waals surface area contributed by atoms with Crippen LogP contribution < -0.4 is 0 Å². The lowest BCUT2D eigenvalue weighted by Crippen LogP contribution is -1.92. The molecule has 116 valence electrons. The Morgan fingerprint density at radius 2 is 1.50 bits per heavy atom. The zero-order chi connectivity index (χ0) is 16.5. The maximum Gasteiger partial charge on any atom is 0.160 e. The van der Waals surface area contributed by atoms with E-state index in [1.807, 2.05) is 30.3 Å². The first kappa shape index (κ1) is 15.5. The molecule has 0 amide bonds. The van der Waals surface area contributed by atoms with Gasteiger partial charge in [-0.2, -0.15) is 0 Å². The molecular formula is C20H12Br2N2. The average Bonchev–Trinajstić information content (AvgIpc) is 2.61. The second-order valence-corrected chi connectivity index (χ2v) is 7.29. The minimum atomic E-state index is 0.745. The van der Waals surface area contributed by atoms with Gasteiger partial charge >= 0.3 is 0 Å². The lowest BCUT2D eigenvalue weighted by atomic mass is 10.00. The van der Waals surface area contributed by atoms with Crippen LogP contribution >= 0.6 is 31.9 Å². The highest BCUT2D eigenvalue weighted by atomic mass is 79.9. The van der Waals surface area contributed by atoms with Gasteiger partial charge in [0.25, 0.3) is 0 Å². The smallest absolute Gasteiger partial charge is 0.160 e. The zero-order valence-electron chi connectivity index (χ0n) is 12.6. The average molecular weight is 440 g/mol. The summed E-state index contributed by atoms with van der Waals surface area (Å²) in [5.41, 5.74) is 5.01. The van der Waals surface area contributed by atoms with Crippen LogP contribution in [0.2, 0.25) is 0 Å². The number of halogens is 2. The number of aromatic nitrogens is 2. The molecule has 24 heavy (non-hydrogen) atoms. The lowest BCUT2D eigenvalue weighted by molar-refractivity contribution is 1.28. The van der Waals surface area contributed by atoms with E-state index in [1.54, 1.807) is 6.20 Å². The fourth-order valence-electron chi connectivity index (χ4n) is 2.73. The molecule has 0 aliphatic rings. The summed E-state index contributed by atoms with van der Waals surface area (Å²) in [6, 6.07) is 22.7. The molecule has 0 spiro atoms. The number of hydrogen-bond donors (Lipinski definition) is 0. The second-order valence-electron chi connectivity index (χ2n) is 5.46. The van der Waals surface area contributed by atoms with Crippen molar-refractivity contribution in [1.82, 2.24) is 9.97 Å². The molecule has 4 aromatic rings. The van der Waals surface area contributed by atoms with Crippen LogP contribution in [0, 0.1) is 0 Å². The summed E-state index contributed by atoms with van der Waals surface area (Å²) >= 11 is 7.05. The molecule has 2 aromatic carbocycles. The van der Waals surface area contributed by atoms with E-state index in [1.165, 1.54) is 0 Å². The van der Waals surface area contributed by atoms with Crippen molar-refractivity contribution in [2.45, 2.75) is 0 Å². The van der Waals surface area contributed by atoms with E-state index in [4.69, 9.17) is 4.98 Å². The highest BCUT2D eigenvalue weighted by Crippen LogP contribution is 2.33. The third-order valence-corrected chi connectivity index (χ3v) is 4.76. The quantitative estimate of drug-likeness (QED) is 0.356. The first-order valence-electron chi connectivity index (χ1n) is 7.48. The van der Waals surface area contributed by atoms with Crippen LogP contribution in [-0.4, -0.2) is 9.97 Å². The van der Waals surface area contributed by atoms with Gasteiger partial charge < -0.3 is 0 Å². The molecule has 0 fully saturated rings. The summed E-state index contributed by atoms with van der Waals surface area (Å²) in [6.07, 6.45) is 1.79. The van der Waals surface area contributed by atoms with Crippen molar-refractivity contribution in [3.05, 3.63) is 81.9 Å². The summed E-state index contributed by atoms with van der Waals surface area (Å²) < 4.78 is 1.98. The van der Waals surface area contributed by atoms with Crippen molar-refractivity contribution >= 4 is 42.9 Å². The highest BCUT2D eigenvalue weighted by molar-refractivity contribution is 9.10. The number of benzene rings is 2. The molecule has 0 saturated heterocycles. The van der Waals surface area contributed by atoms with Crippen LogP contribution in [0.3, 0.4) is 0 Å². The van der Waals surface area contributed by atoms with Gasteiger partial charge in [0.05, 0.1) is 5.69 Å². The Labute approximate surface area is 156 Å². The molecule has 0 bridgehead atoms. The highest BCUT2D eigenvalue weighted by Gasteiger charge is 2.11. The molecule has 0 N–H and O–H groups in total. The monoisotopic (exact) mass is 438 g/mol. The van der Waals surface area contributed by atoms with Crippen molar-refractivity contribution in [2.24, 2.45) is 0 Å². The predicted octanol–water partition coefficient (Wildman–Crippen LogP) is 6.49. The Hall–Kier alpha value is -2.04. The Bertz CT molecular complexity index is 1030. The Morgan fingerprint density at radius 1 is 0.708 bits per heavy atom. The summed E-state index contributed by atoms with van der Waals surface area (Å²) in [7, 11) is 0. The van der Waals surface area contributed by atoms with E-state index in [0.717, 1.165) is 42.4 Å². The standard InChI is InChI=1S/C20H12Br2N2/c21-15-8-4-7-14(9-15)19-11-17(13-5-2-1-3-6-13)18-10-16(22)12-23-20(18)24-19/h1-12H. The van der Waals surface area contributed by atoms with Gasteiger partial charge in [-0.1, -0.05) is 58.4 Å². The number of fused-ring (bicyclic) bond motifs is 1. The molecule has 0 aliphatic heterocycles. The minimum absolute atomic E-state index is 0.745. The van der Waals surface area contributed by atoms with Crippen molar-refractivity contribution in [1.29, 1.82) is 0 Å². The molecular weight excluding hydrogens is 428 g/mol. The number of nitrogens with zero attached hydrogens (tertiary/aromatic N) is 2. The van der Waals surface area contributed by atoms with Crippen molar-refractivity contribution < 1.29 is 0 Å². The van der Waals surface area contributed by atoms with Gasteiger partial charge in [-0.25, -0.2) is 9.97 Å². The SMILES string of the molecule is Brc1cccc(-c2cc(-c3ccccc3)c3cc(Br)cnc3n2)c1. The fourth-order valence-corrected chi connectivity index (χ4v) is 3.46. The minimum Gasteiger partial charge on any atom is -0.235 e. The summed E-state index contributed by atoms with van der Waals surface area (Å²) in [4.78, 5) is 9.27. The van der Waals surface area contributed by atoms with Gasteiger partial charge in [0.1, 0.15) is 0 Å². The van der Waals surface area contributed by atoms with Crippen LogP contribution in [0.25, 0.3) is 33.4 Å². The summed E-state index contributed by atoms with van der Waals surface area (Å²) in [5, 5.41) is 1.04. The number of pyridine rings is 2. The normalized spacial score (nSPS) is 10.9. The van der Waals surface area contributed by atoms with E-state index < -0.39 is 0 Å². The van der Waals surface area contributed by atoms with Crippen LogP contribution in [0.5, 0.6) is 0 Å². The maximum absolute atomic E-state index is 4.76. The molecule has 0 aliphatic carbocycles. The fraction of sp³-hybridized carbons (Fsp3) is 0. The van der Waals surface area contributed by atoms with Crippen molar-refractivity contribution in [3.63, 3.8) is 0 Å². The topological polar surface area (TPSA) is 25.8 Å². The van der Waals surface area contributed by atoms with Gasteiger partial charge in [0.15, 0.2) is 5.65 Å². The zero-order valence-corrected chi connectivity index (χ0v) is 15.8. The first-order chi connectivity index (χ1) is 11.7. The lowest BCUT2D eigenvalue weighted by Gasteiger charge is -2.10. The number of hydrogen-bond acceptors (Lipinski definition) is 2. The van der Waals surface area contributed by atoms with Gasteiger partial charge in [-0.05, 0) is 51.3 Å². The molecule has 4 heteroatoms. The van der Waals surface area contributed by atoms with Crippen LogP contribution in [0.1, 0.15) is 0 Å². The molecule has 4 rings (SSSR count). The van der Waals surface area contributed by atoms with Crippen LogP contribution in [0.4, 0.5) is 0 Å². The van der Waals surface area contributed by atoms with Crippen molar-refractivity contribution in [2.75, 3.05) is 0 Å². The first-order valence-corrected chi connectivity index (χ1v) is 9.07. The van der Waals surface area contributed by atoms with E-state index in [2.05, 4.69) is 73.2 Å². The third kappa shape index (κ3) is 2.99. The van der Waals surface area contributed by atoms with Crippen LogP contribution in [0.15, 0.2) is 81.9 Å². The Morgan fingerprint density at radius 3 is 2.29 bits per heavy atom. The van der Waals surface area contributed by atoms with Crippen molar-refractivity contribution in [3.8, 4) is 22.4 Å². The van der Waals surface area contributed by atoms with Gasteiger partial charge in [-0.15, -0.1) is 0 Å².